The fourth-order valence-corrected chi connectivity index (χ4v) is 1.23. The Morgan fingerprint density at radius 3 is 2.44 bits per heavy atom. The van der Waals surface area contributed by atoms with Crippen LogP contribution in [0.5, 0.6) is 0 Å². The van der Waals surface area contributed by atoms with Crippen molar-refractivity contribution in [3.05, 3.63) is 30.3 Å². The maximum absolute atomic E-state index is 11.8. The van der Waals surface area contributed by atoms with Gasteiger partial charge in [-0.1, -0.05) is 18.2 Å². The summed E-state index contributed by atoms with van der Waals surface area (Å²) in [5.41, 5.74) is 0.759. The molecule has 0 aliphatic heterocycles. The molecule has 1 rings (SSSR count). The largest absolute Gasteiger partial charge is 0.446 e. The second-order valence-corrected chi connectivity index (χ2v) is 3.61. The topological polar surface area (TPSA) is 38.8 Å². The van der Waals surface area contributed by atoms with E-state index in [1.165, 1.54) is 4.90 Å². The predicted octanol–water partition coefficient (Wildman–Crippen LogP) is 2.64. The van der Waals surface area contributed by atoms with Crippen LogP contribution in [0.15, 0.2) is 30.3 Å². The molecule has 0 heterocycles. The Kier molecular flexibility index (Phi) is 4.79. The highest BCUT2D eigenvalue weighted by Crippen LogP contribution is 2.14. The molecule has 0 atom stereocenters. The van der Waals surface area contributed by atoms with Crippen LogP contribution in [0, 0.1) is 0 Å². The van der Waals surface area contributed by atoms with Gasteiger partial charge in [0.15, 0.2) is 0 Å². The highest BCUT2D eigenvalue weighted by atomic mass is 16.6. The van der Waals surface area contributed by atoms with E-state index in [-0.39, 0.29) is 12.8 Å². The van der Waals surface area contributed by atoms with Gasteiger partial charge in [0.05, 0.1) is 6.10 Å². The molecule has 1 amide bonds. The molecule has 0 bridgehead atoms. The van der Waals surface area contributed by atoms with E-state index in [9.17, 15) is 4.79 Å². The van der Waals surface area contributed by atoms with Crippen molar-refractivity contribution in [2.24, 2.45) is 0 Å². The first-order valence-corrected chi connectivity index (χ1v) is 5.17. The monoisotopic (exact) mass is 223 g/mol. The maximum Gasteiger partial charge on any atom is 0.416 e. The molecule has 1 aromatic rings. The number of carbonyl (C=O) groups excluding carboxylic acids is 1. The van der Waals surface area contributed by atoms with Gasteiger partial charge in [-0.2, -0.15) is 0 Å². The van der Waals surface area contributed by atoms with Crippen molar-refractivity contribution in [1.82, 2.24) is 0 Å². The number of hydrogen-bond donors (Lipinski definition) is 0. The third-order valence-electron chi connectivity index (χ3n) is 1.88. The van der Waals surface area contributed by atoms with Gasteiger partial charge in [-0.25, -0.2) is 4.79 Å². The molecule has 0 unspecified atom stereocenters. The normalized spacial score (nSPS) is 10.2. The second kappa shape index (κ2) is 6.12. The minimum Gasteiger partial charge on any atom is -0.446 e. The average Bonchev–Trinajstić information content (AvgIpc) is 2.26. The number of hydrogen-bond acceptors (Lipinski definition) is 3. The molecule has 0 saturated carbocycles. The van der Waals surface area contributed by atoms with Crippen LogP contribution in [0.25, 0.3) is 0 Å². The van der Waals surface area contributed by atoms with Crippen LogP contribution in [0.2, 0.25) is 0 Å². The summed E-state index contributed by atoms with van der Waals surface area (Å²) in [6, 6.07) is 9.28. The molecular formula is C12H17NO3. The minimum absolute atomic E-state index is 0.143. The Balaban J connectivity index is 2.79. The summed E-state index contributed by atoms with van der Waals surface area (Å²) in [7, 11) is 1.54. The van der Waals surface area contributed by atoms with Crippen LogP contribution in [-0.2, 0) is 9.47 Å². The molecule has 4 heteroatoms. The molecule has 0 N–H and O–H groups in total. The summed E-state index contributed by atoms with van der Waals surface area (Å²) in [4.78, 5) is 13.2. The number of nitrogens with zero attached hydrogens (tertiary/aromatic N) is 1. The van der Waals surface area contributed by atoms with Gasteiger partial charge in [-0.05, 0) is 26.0 Å². The van der Waals surface area contributed by atoms with E-state index in [1.54, 1.807) is 7.11 Å². The van der Waals surface area contributed by atoms with Crippen LogP contribution in [0.1, 0.15) is 13.8 Å². The van der Waals surface area contributed by atoms with E-state index in [0.29, 0.717) is 0 Å². The van der Waals surface area contributed by atoms with Gasteiger partial charge < -0.3 is 9.47 Å². The summed E-state index contributed by atoms with van der Waals surface area (Å²) in [6.45, 7) is 3.80. The van der Waals surface area contributed by atoms with E-state index in [4.69, 9.17) is 9.47 Å². The van der Waals surface area contributed by atoms with E-state index in [1.807, 2.05) is 44.2 Å². The molecule has 0 aromatic heterocycles. The fourth-order valence-electron chi connectivity index (χ4n) is 1.23. The molecule has 88 valence electrons. The van der Waals surface area contributed by atoms with Crippen LogP contribution < -0.4 is 4.90 Å². The molecule has 0 spiro atoms. The average molecular weight is 223 g/mol. The summed E-state index contributed by atoms with van der Waals surface area (Å²) in [5.74, 6) is 0. The number of benzene rings is 1. The third kappa shape index (κ3) is 3.55. The number of para-hydroxylation sites is 1. The Hall–Kier alpha value is -1.55. The Bertz CT molecular complexity index is 324. The molecule has 0 aliphatic rings. The van der Waals surface area contributed by atoms with Gasteiger partial charge in [-0.3, -0.25) is 4.90 Å². The standard InChI is InChI=1S/C12H17NO3/c1-10(2)16-12(14)13(9-15-3)11-7-5-4-6-8-11/h4-8,10H,9H2,1-3H3. The predicted molar refractivity (Wildman–Crippen MR) is 62.4 cm³/mol. The van der Waals surface area contributed by atoms with Crippen molar-refractivity contribution in [3.8, 4) is 0 Å². The van der Waals surface area contributed by atoms with Crippen LogP contribution in [0.4, 0.5) is 10.5 Å². The van der Waals surface area contributed by atoms with E-state index >= 15 is 0 Å². The van der Waals surface area contributed by atoms with Crippen molar-refractivity contribution in [2.45, 2.75) is 20.0 Å². The summed E-state index contributed by atoms with van der Waals surface area (Å²) in [5, 5.41) is 0. The second-order valence-electron chi connectivity index (χ2n) is 3.61. The van der Waals surface area contributed by atoms with Gasteiger partial charge in [0, 0.05) is 12.8 Å². The Morgan fingerprint density at radius 1 is 1.31 bits per heavy atom. The van der Waals surface area contributed by atoms with Crippen LogP contribution in [0.3, 0.4) is 0 Å². The zero-order valence-electron chi connectivity index (χ0n) is 9.84. The minimum atomic E-state index is -0.400. The molecule has 0 radical (unpaired) electrons. The van der Waals surface area contributed by atoms with E-state index < -0.39 is 6.09 Å². The molecule has 4 nitrogen and oxygen atoms in total. The highest BCUT2D eigenvalue weighted by molar-refractivity contribution is 5.87. The first kappa shape index (κ1) is 12.5. The number of amides is 1. The molecule has 0 aliphatic carbocycles. The number of ether oxygens (including phenoxy) is 2. The zero-order chi connectivity index (χ0) is 12.0. The number of carbonyl (C=O) groups is 1. The van der Waals surface area contributed by atoms with Gasteiger partial charge in [-0.15, -0.1) is 0 Å². The molecule has 16 heavy (non-hydrogen) atoms. The van der Waals surface area contributed by atoms with Gasteiger partial charge in [0.1, 0.15) is 6.73 Å². The van der Waals surface area contributed by atoms with E-state index in [2.05, 4.69) is 0 Å². The van der Waals surface area contributed by atoms with Crippen molar-refractivity contribution in [1.29, 1.82) is 0 Å². The highest BCUT2D eigenvalue weighted by Gasteiger charge is 2.17. The van der Waals surface area contributed by atoms with Crippen molar-refractivity contribution < 1.29 is 14.3 Å². The quantitative estimate of drug-likeness (QED) is 0.736. The van der Waals surface area contributed by atoms with Gasteiger partial charge in [0.2, 0.25) is 0 Å². The molecule has 1 aromatic carbocycles. The molecular weight excluding hydrogens is 206 g/mol. The molecule has 0 fully saturated rings. The van der Waals surface area contributed by atoms with E-state index in [0.717, 1.165) is 5.69 Å². The fraction of sp³-hybridized carbons (Fsp3) is 0.417. The SMILES string of the molecule is COCN(C(=O)OC(C)C)c1ccccc1. The first-order valence-electron chi connectivity index (χ1n) is 5.17. The molecule has 0 saturated heterocycles. The summed E-state index contributed by atoms with van der Waals surface area (Å²) >= 11 is 0. The number of methoxy groups -OCH3 is 1. The number of rotatable bonds is 4. The summed E-state index contributed by atoms with van der Waals surface area (Å²) in [6.07, 6.45) is -0.543. The van der Waals surface area contributed by atoms with Gasteiger partial charge >= 0.3 is 6.09 Å². The summed E-state index contributed by atoms with van der Waals surface area (Å²) < 4.78 is 10.1. The lowest BCUT2D eigenvalue weighted by molar-refractivity contribution is 0.110. The van der Waals surface area contributed by atoms with Crippen LogP contribution >= 0.6 is 0 Å². The lowest BCUT2D eigenvalue weighted by Crippen LogP contribution is -2.34. The van der Waals surface area contributed by atoms with Crippen molar-refractivity contribution in [2.75, 3.05) is 18.7 Å². The van der Waals surface area contributed by atoms with Gasteiger partial charge in [0.25, 0.3) is 0 Å². The number of anilines is 1. The lowest BCUT2D eigenvalue weighted by atomic mass is 10.3. The lowest BCUT2D eigenvalue weighted by Gasteiger charge is -2.22. The van der Waals surface area contributed by atoms with Crippen LogP contribution in [-0.4, -0.2) is 26.0 Å². The zero-order valence-corrected chi connectivity index (χ0v) is 9.84. The first-order chi connectivity index (χ1) is 7.65. The smallest absolute Gasteiger partial charge is 0.416 e. The Labute approximate surface area is 95.8 Å². The third-order valence-corrected chi connectivity index (χ3v) is 1.88. The maximum atomic E-state index is 11.8. The van der Waals surface area contributed by atoms with Crippen molar-refractivity contribution >= 4 is 11.8 Å². The Morgan fingerprint density at radius 2 is 1.94 bits per heavy atom. The van der Waals surface area contributed by atoms with Crippen molar-refractivity contribution in [3.63, 3.8) is 0 Å².